The van der Waals surface area contributed by atoms with Crippen molar-refractivity contribution in [1.29, 1.82) is 0 Å². The molecule has 4 rings (SSSR count). The van der Waals surface area contributed by atoms with Crippen LogP contribution in [0.25, 0.3) is 0 Å². The molecule has 0 spiro atoms. The zero-order valence-electron chi connectivity index (χ0n) is 18.6. The van der Waals surface area contributed by atoms with E-state index in [1.165, 1.54) is 0 Å². The molecule has 2 aromatic rings. The third kappa shape index (κ3) is 5.75. The lowest BCUT2D eigenvalue weighted by Gasteiger charge is -2.35. The fraction of sp³-hybridized carbons (Fsp3) is 0.462. The standard InChI is InChI=1S/C26H32N2O4/c29-24(23-11-9-21(10-12-23)19-28-15-17-31-18-16-28)27-26(13-5-2-6-14-26)25(30)32-20-22-7-3-1-4-8-22/h1,3-4,7-12H,2,5-6,13-20H2,(H,27,29). The molecule has 6 heteroatoms. The average Bonchev–Trinajstić information content (AvgIpc) is 2.85. The predicted octanol–water partition coefficient (Wildman–Crippen LogP) is 3.69. The number of benzene rings is 2. The topological polar surface area (TPSA) is 67.9 Å². The van der Waals surface area contributed by atoms with E-state index in [0.717, 1.165) is 63.2 Å². The normalized spacial score (nSPS) is 18.6. The summed E-state index contributed by atoms with van der Waals surface area (Å²) in [5, 5.41) is 3.05. The maximum Gasteiger partial charge on any atom is 0.332 e. The van der Waals surface area contributed by atoms with Crippen LogP contribution < -0.4 is 5.32 Å². The van der Waals surface area contributed by atoms with Crippen LogP contribution in [0.5, 0.6) is 0 Å². The molecular weight excluding hydrogens is 404 g/mol. The Bertz CT molecular complexity index is 886. The second-order valence-corrected chi connectivity index (χ2v) is 8.74. The van der Waals surface area contributed by atoms with Crippen LogP contribution in [0.1, 0.15) is 53.6 Å². The van der Waals surface area contributed by atoms with Gasteiger partial charge in [-0.15, -0.1) is 0 Å². The molecule has 0 aromatic heterocycles. The molecule has 1 aliphatic heterocycles. The van der Waals surface area contributed by atoms with Crippen LogP contribution in [0.15, 0.2) is 54.6 Å². The fourth-order valence-electron chi connectivity index (χ4n) is 4.47. The van der Waals surface area contributed by atoms with Gasteiger partial charge >= 0.3 is 5.97 Å². The number of ether oxygens (including phenoxy) is 2. The molecule has 0 radical (unpaired) electrons. The molecule has 2 aliphatic rings. The molecule has 1 heterocycles. The van der Waals surface area contributed by atoms with E-state index in [0.29, 0.717) is 18.4 Å². The van der Waals surface area contributed by atoms with E-state index in [-0.39, 0.29) is 18.5 Å². The first-order chi connectivity index (χ1) is 15.6. The number of rotatable bonds is 7. The van der Waals surface area contributed by atoms with Gasteiger partial charge in [-0.3, -0.25) is 9.69 Å². The van der Waals surface area contributed by atoms with Crippen molar-refractivity contribution in [3.63, 3.8) is 0 Å². The molecule has 0 atom stereocenters. The van der Waals surface area contributed by atoms with E-state index >= 15 is 0 Å². The van der Waals surface area contributed by atoms with Gasteiger partial charge in [-0.05, 0) is 36.1 Å². The third-order valence-electron chi connectivity index (χ3n) is 6.39. The molecule has 1 saturated heterocycles. The summed E-state index contributed by atoms with van der Waals surface area (Å²) in [6.07, 6.45) is 4.10. The minimum atomic E-state index is -0.948. The molecular formula is C26H32N2O4. The lowest BCUT2D eigenvalue weighted by Crippen LogP contribution is -2.56. The lowest BCUT2D eigenvalue weighted by atomic mass is 9.81. The Morgan fingerprint density at radius 1 is 0.906 bits per heavy atom. The highest BCUT2D eigenvalue weighted by Crippen LogP contribution is 2.30. The first-order valence-electron chi connectivity index (χ1n) is 11.6. The molecule has 2 fully saturated rings. The fourth-order valence-corrected chi connectivity index (χ4v) is 4.47. The third-order valence-corrected chi connectivity index (χ3v) is 6.39. The Morgan fingerprint density at radius 2 is 1.59 bits per heavy atom. The highest BCUT2D eigenvalue weighted by atomic mass is 16.5. The van der Waals surface area contributed by atoms with Crippen molar-refractivity contribution in [2.75, 3.05) is 26.3 Å². The smallest absolute Gasteiger partial charge is 0.332 e. The number of amides is 1. The first-order valence-corrected chi connectivity index (χ1v) is 11.6. The van der Waals surface area contributed by atoms with E-state index in [2.05, 4.69) is 10.2 Å². The van der Waals surface area contributed by atoms with Gasteiger partial charge in [0, 0.05) is 25.2 Å². The van der Waals surface area contributed by atoms with Crippen molar-refractivity contribution in [2.24, 2.45) is 0 Å². The Hall–Kier alpha value is -2.70. The maximum absolute atomic E-state index is 13.1. The number of carbonyl (C=O) groups is 2. The van der Waals surface area contributed by atoms with Crippen LogP contribution in [0, 0.1) is 0 Å². The van der Waals surface area contributed by atoms with Crippen molar-refractivity contribution in [3.05, 3.63) is 71.3 Å². The molecule has 6 nitrogen and oxygen atoms in total. The van der Waals surface area contributed by atoms with E-state index in [4.69, 9.17) is 9.47 Å². The van der Waals surface area contributed by atoms with Crippen LogP contribution in [-0.4, -0.2) is 48.6 Å². The van der Waals surface area contributed by atoms with E-state index < -0.39 is 5.54 Å². The number of nitrogens with zero attached hydrogens (tertiary/aromatic N) is 1. The molecule has 1 aliphatic carbocycles. The van der Waals surface area contributed by atoms with Gasteiger partial charge in [0.2, 0.25) is 0 Å². The lowest BCUT2D eigenvalue weighted by molar-refractivity contribution is -0.154. The summed E-state index contributed by atoms with van der Waals surface area (Å²) in [4.78, 5) is 28.5. The van der Waals surface area contributed by atoms with Crippen molar-refractivity contribution in [3.8, 4) is 0 Å². The number of hydrogen-bond acceptors (Lipinski definition) is 5. The SMILES string of the molecule is O=C(NC1(C(=O)OCc2ccccc2)CCCCC1)c1ccc(CN2CCOCC2)cc1. The number of esters is 1. The van der Waals surface area contributed by atoms with Crippen molar-refractivity contribution in [1.82, 2.24) is 10.2 Å². The number of nitrogens with one attached hydrogen (secondary N) is 1. The summed E-state index contributed by atoms with van der Waals surface area (Å²) >= 11 is 0. The van der Waals surface area contributed by atoms with Gasteiger partial charge in [-0.25, -0.2) is 4.79 Å². The van der Waals surface area contributed by atoms with E-state index in [1.807, 2.05) is 54.6 Å². The van der Waals surface area contributed by atoms with Crippen LogP contribution in [0.4, 0.5) is 0 Å². The number of carbonyl (C=O) groups excluding carboxylic acids is 2. The van der Waals surface area contributed by atoms with Crippen molar-refractivity contribution < 1.29 is 19.1 Å². The number of morpholine rings is 1. The summed E-state index contributed by atoms with van der Waals surface area (Å²) in [7, 11) is 0. The summed E-state index contributed by atoms with van der Waals surface area (Å²) in [6, 6.07) is 17.3. The van der Waals surface area contributed by atoms with Gasteiger partial charge < -0.3 is 14.8 Å². The highest BCUT2D eigenvalue weighted by Gasteiger charge is 2.42. The van der Waals surface area contributed by atoms with Crippen LogP contribution in [-0.2, 0) is 27.4 Å². The monoisotopic (exact) mass is 436 g/mol. The van der Waals surface area contributed by atoms with Gasteiger partial charge in [0.15, 0.2) is 0 Å². The summed E-state index contributed by atoms with van der Waals surface area (Å²) in [6.45, 7) is 4.45. The Balaban J connectivity index is 1.39. The summed E-state index contributed by atoms with van der Waals surface area (Å²) in [5.41, 5.74) is 1.72. The van der Waals surface area contributed by atoms with Gasteiger partial charge in [-0.2, -0.15) is 0 Å². The molecule has 1 amide bonds. The Labute approximate surface area is 189 Å². The second-order valence-electron chi connectivity index (χ2n) is 8.74. The second kappa shape index (κ2) is 10.7. The quantitative estimate of drug-likeness (QED) is 0.671. The van der Waals surface area contributed by atoms with Gasteiger partial charge in [0.25, 0.3) is 5.91 Å². The zero-order chi connectivity index (χ0) is 22.2. The summed E-state index contributed by atoms with van der Waals surface area (Å²) < 4.78 is 11.0. The van der Waals surface area contributed by atoms with E-state index in [1.54, 1.807) is 0 Å². The minimum absolute atomic E-state index is 0.216. The largest absolute Gasteiger partial charge is 0.459 e. The highest BCUT2D eigenvalue weighted by molar-refractivity contribution is 5.98. The van der Waals surface area contributed by atoms with Crippen LogP contribution in [0.2, 0.25) is 0 Å². The molecule has 32 heavy (non-hydrogen) atoms. The maximum atomic E-state index is 13.1. The molecule has 1 saturated carbocycles. The summed E-state index contributed by atoms with van der Waals surface area (Å²) in [5.74, 6) is -0.556. The molecule has 0 bridgehead atoms. The molecule has 1 N–H and O–H groups in total. The Morgan fingerprint density at radius 3 is 2.28 bits per heavy atom. The first kappa shape index (κ1) is 22.5. The average molecular weight is 437 g/mol. The van der Waals surface area contributed by atoms with Crippen molar-refractivity contribution in [2.45, 2.75) is 50.8 Å². The van der Waals surface area contributed by atoms with Gasteiger partial charge in [-0.1, -0.05) is 61.7 Å². The molecule has 170 valence electrons. The minimum Gasteiger partial charge on any atom is -0.459 e. The Kier molecular flexibility index (Phi) is 7.55. The molecule has 2 aromatic carbocycles. The number of hydrogen-bond donors (Lipinski definition) is 1. The van der Waals surface area contributed by atoms with Gasteiger partial charge in [0.05, 0.1) is 13.2 Å². The van der Waals surface area contributed by atoms with Crippen LogP contribution in [0.3, 0.4) is 0 Å². The van der Waals surface area contributed by atoms with Crippen molar-refractivity contribution >= 4 is 11.9 Å². The predicted molar refractivity (Wildman–Crippen MR) is 122 cm³/mol. The van der Waals surface area contributed by atoms with E-state index in [9.17, 15) is 9.59 Å². The zero-order valence-corrected chi connectivity index (χ0v) is 18.6. The molecule has 0 unspecified atom stereocenters. The van der Waals surface area contributed by atoms with Gasteiger partial charge in [0.1, 0.15) is 12.1 Å². The van der Waals surface area contributed by atoms with Crippen LogP contribution >= 0.6 is 0 Å².